The van der Waals surface area contributed by atoms with Gasteiger partial charge in [0.2, 0.25) is 0 Å². The fourth-order valence-electron chi connectivity index (χ4n) is 2.27. The van der Waals surface area contributed by atoms with E-state index in [2.05, 4.69) is 10.0 Å². The van der Waals surface area contributed by atoms with Crippen LogP contribution >= 0.6 is 0 Å². The molecule has 21 heavy (non-hydrogen) atoms. The Hall–Kier alpha value is -2.20. The van der Waals surface area contributed by atoms with Gasteiger partial charge in [0.1, 0.15) is 5.75 Å². The minimum Gasteiger partial charge on any atom is -0.494 e. The highest BCUT2D eigenvalue weighted by molar-refractivity contribution is 5.66. The van der Waals surface area contributed by atoms with Gasteiger partial charge in [0.25, 0.3) is 0 Å². The number of aryl methyl sites for hydroxylation is 2. The van der Waals surface area contributed by atoms with E-state index < -0.39 is 5.97 Å². The molecule has 1 unspecified atom stereocenters. The molecular weight excluding hydrogens is 270 g/mol. The number of hydrogen-bond donors (Lipinski definition) is 1. The number of benzene rings is 1. The van der Waals surface area contributed by atoms with Crippen LogP contribution in [0.3, 0.4) is 0 Å². The minimum absolute atomic E-state index is 0.0759. The summed E-state index contributed by atoms with van der Waals surface area (Å²) in [5, 5.41) is 12.5. The number of ether oxygens (including phenoxy) is 1. The van der Waals surface area contributed by atoms with Crippen LogP contribution in [0, 0.1) is 13.8 Å². The van der Waals surface area contributed by atoms with Crippen LogP contribution in [0.25, 0.3) is 10.4 Å². The lowest BCUT2D eigenvalue weighted by Crippen LogP contribution is -2.03. The number of aliphatic carboxylic acids is 1. The molecule has 0 saturated heterocycles. The lowest BCUT2D eigenvalue weighted by Gasteiger charge is -2.17. The quantitative estimate of drug-likeness (QED) is 0.439. The summed E-state index contributed by atoms with van der Waals surface area (Å²) in [5.41, 5.74) is 11.6. The zero-order valence-electron chi connectivity index (χ0n) is 12.7. The molecule has 0 heterocycles. The maximum Gasteiger partial charge on any atom is 0.303 e. The molecule has 1 rings (SSSR count). The van der Waals surface area contributed by atoms with E-state index in [0.717, 1.165) is 22.4 Å². The third-order valence-corrected chi connectivity index (χ3v) is 3.28. The van der Waals surface area contributed by atoms with Gasteiger partial charge in [-0.2, -0.15) is 0 Å². The Morgan fingerprint density at radius 3 is 2.71 bits per heavy atom. The van der Waals surface area contributed by atoms with E-state index in [-0.39, 0.29) is 12.5 Å². The molecule has 0 aliphatic carbocycles. The molecule has 0 bridgehead atoms. The highest BCUT2D eigenvalue weighted by Crippen LogP contribution is 2.31. The Morgan fingerprint density at radius 1 is 1.43 bits per heavy atom. The van der Waals surface area contributed by atoms with Crippen LogP contribution < -0.4 is 4.74 Å². The number of azide groups is 1. The number of carboxylic acid groups (broad SMARTS) is 1. The van der Waals surface area contributed by atoms with Crippen LogP contribution in [-0.2, 0) is 4.79 Å². The summed E-state index contributed by atoms with van der Waals surface area (Å²) < 4.78 is 5.54. The highest BCUT2D eigenvalue weighted by atomic mass is 16.5. The second-order valence-corrected chi connectivity index (χ2v) is 4.91. The molecule has 0 aliphatic heterocycles. The topological polar surface area (TPSA) is 95.3 Å². The number of carbonyl (C=O) groups is 1. The monoisotopic (exact) mass is 291 g/mol. The third-order valence-electron chi connectivity index (χ3n) is 3.28. The predicted molar refractivity (Wildman–Crippen MR) is 80.5 cm³/mol. The van der Waals surface area contributed by atoms with Crippen LogP contribution in [0.5, 0.6) is 5.75 Å². The van der Waals surface area contributed by atoms with Crippen molar-refractivity contribution in [1.82, 2.24) is 0 Å². The van der Waals surface area contributed by atoms with Crippen LogP contribution in [0.15, 0.2) is 17.2 Å². The Kier molecular flexibility index (Phi) is 6.56. The first kappa shape index (κ1) is 16.9. The molecule has 0 aromatic heterocycles. The molecule has 114 valence electrons. The highest BCUT2D eigenvalue weighted by Gasteiger charge is 2.15. The van der Waals surface area contributed by atoms with E-state index in [1.807, 2.05) is 32.9 Å². The smallest absolute Gasteiger partial charge is 0.303 e. The first-order chi connectivity index (χ1) is 9.99. The molecule has 6 nitrogen and oxygen atoms in total. The molecule has 1 N–H and O–H groups in total. The van der Waals surface area contributed by atoms with Gasteiger partial charge < -0.3 is 9.84 Å². The van der Waals surface area contributed by atoms with E-state index in [4.69, 9.17) is 15.4 Å². The average molecular weight is 291 g/mol. The second kappa shape index (κ2) is 8.17. The van der Waals surface area contributed by atoms with Crippen LogP contribution in [0.1, 0.15) is 48.9 Å². The number of nitrogens with zero attached hydrogens (tertiary/aromatic N) is 3. The molecule has 6 heteroatoms. The zero-order chi connectivity index (χ0) is 15.8. The van der Waals surface area contributed by atoms with Gasteiger partial charge in [-0.05, 0) is 61.9 Å². The van der Waals surface area contributed by atoms with E-state index in [9.17, 15) is 4.79 Å². The third kappa shape index (κ3) is 5.00. The lowest BCUT2D eigenvalue weighted by atomic mass is 9.95. The van der Waals surface area contributed by atoms with Crippen molar-refractivity contribution >= 4 is 5.97 Å². The van der Waals surface area contributed by atoms with Crippen molar-refractivity contribution in [3.05, 3.63) is 39.3 Å². The second-order valence-electron chi connectivity index (χ2n) is 4.91. The van der Waals surface area contributed by atoms with Crippen molar-refractivity contribution in [2.24, 2.45) is 5.11 Å². The van der Waals surface area contributed by atoms with E-state index in [1.165, 1.54) is 0 Å². The number of carboxylic acids is 1. The van der Waals surface area contributed by atoms with Crippen molar-refractivity contribution in [3.63, 3.8) is 0 Å². The largest absolute Gasteiger partial charge is 0.494 e. The SMILES string of the molecule is CCOc1cc(C)c(C(CCCC(=O)O)N=[N+]=[N-])cc1C. The van der Waals surface area contributed by atoms with Crippen molar-refractivity contribution in [2.45, 2.75) is 46.1 Å². The van der Waals surface area contributed by atoms with Crippen molar-refractivity contribution in [1.29, 1.82) is 0 Å². The van der Waals surface area contributed by atoms with Gasteiger partial charge in [-0.3, -0.25) is 4.79 Å². The summed E-state index contributed by atoms with van der Waals surface area (Å²) in [6.45, 7) is 6.40. The molecular formula is C15H21N3O3. The standard InChI is InChI=1S/C15H21N3O3/c1-4-21-14-9-10(2)12(8-11(14)3)13(17-18-16)6-5-7-15(19)20/h8-9,13H,4-7H2,1-3H3,(H,19,20). The summed E-state index contributed by atoms with van der Waals surface area (Å²) in [6, 6.07) is 3.55. The van der Waals surface area contributed by atoms with Gasteiger partial charge in [0.05, 0.1) is 12.6 Å². The summed E-state index contributed by atoms with van der Waals surface area (Å²) in [7, 11) is 0. The summed E-state index contributed by atoms with van der Waals surface area (Å²) >= 11 is 0. The van der Waals surface area contributed by atoms with Crippen LogP contribution in [0.2, 0.25) is 0 Å². The maximum absolute atomic E-state index is 10.6. The maximum atomic E-state index is 10.6. The van der Waals surface area contributed by atoms with Gasteiger partial charge >= 0.3 is 5.97 Å². The Labute approximate surface area is 124 Å². The Bertz CT molecular complexity index is 551. The van der Waals surface area contributed by atoms with Crippen molar-refractivity contribution < 1.29 is 14.6 Å². The van der Waals surface area contributed by atoms with Crippen LogP contribution in [0.4, 0.5) is 0 Å². The predicted octanol–water partition coefficient (Wildman–Crippen LogP) is 4.31. The van der Waals surface area contributed by atoms with E-state index in [0.29, 0.717) is 19.4 Å². The molecule has 0 saturated carbocycles. The van der Waals surface area contributed by atoms with Gasteiger partial charge in [-0.25, -0.2) is 0 Å². The molecule has 0 radical (unpaired) electrons. The molecule has 0 amide bonds. The molecule has 0 aliphatic rings. The zero-order valence-corrected chi connectivity index (χ0v) is 12.7. The molecule has 0 spiro atoms. The summed E-state index contributed by atoms with van der Waals surface area (Å²) in [4.78, 5) is 13.5. The van der Waals surface area contributed by atoms with E-state index >= 15 is 0 Å². The van der Waals surface area contributed by atoms with Crippen LogP contribution in [-0.4, -0.2) is 17.7 Å². The lowest BCUT2D eigenvalue weighted by molar-refractivity contribution is -0.137. The normalized spacial score (nSPS) is 11.6. The molecule has 1 atom stereocenters. The van der Waals surface area contributed by atoms with Crippen molar-refractivity contribution in [3.8, 4) is 5.75 Å². The molecule has 1 aromatic carbocycles. The minimum atomic E-state index is -0.839. The Morgan fingerprint density at radius 2 is 2.14 bits per heavy atom. The van der Waals surface area contributed by atoms with Gasteiger partial charge in [-0.15, -0.1) is 0 Å². The summed E-state index contributed by atoms with van der Waals surface area (Å²) in [6.07, 6.45) is 1.07. The molecule has 0 fully saturated rings. The first-order valence-corrected chi connectivity index (χ1v) is 6.99. The number of rotatable bonds is 8. The van der Waals surface area contributed by atoms with Gasteiger partial charge in [0, 0.05) is 11.3 Å². The average Bonchev–Trinajstić information content (AvgIpc) is 2.41. The Balaban J connectivity index is 2.99. The van der Waals surface area contributed by atoms with Crippen molar-refractivity contribution in [2.75, 3.05) is 6.61 Å². The first-order valence-electron chi connectivity index (χ1n) is 6.99. The van der Waals surface area contributed by atoms with Gasteiger partial charge in [-0.1, -0.05) is 11.2 Å². The summed E-state index contributed by atoms with van der Waals surface area (Å²) in [5.74, 6) is -0.0155. The fraction of sp³-hybridized carbons (Fsp3) is 0.533. The van der Waals surface area contributed by atoms with E-state index in [1.54, 1.807) is 0 Å². The number of hydrogen-bond acceptors (Lipinski definition) is 3. The fourth-order valence-corrected chi connectivity index (χ4v) is 2.27. The molecule has 1 aromatic rings. The van der Waals surface area contributed by atoms with Gasteiger partial charge in [0.15, 0.2) is 0 Å².